The predicted molar refractivity (Wildman–Crippen MR) is 129 cm³/mol. The number of hydrogen-bond donors (Lipinski definition) is 1. The molecular weight excluding hydrogens is 511 g/mol. The molecule has 0 aromatic heterocycles. The summed E-state index contributed by atoms with van der Waals surface area (Å²) >= 11 is 18.1. The zero-order valence-corrected chi connectivity index (χ0v) is 20.9. The summed E-state index contributed by atoms with van der Waals surface area (Å²) in [5, 5.41) is 3.56. The van der Waals surface area contributed by atoms with E-state index in [4.69, 9.17) is 39.5 Å². The Kier molecular flexibility index (Phi) is 8.64. The number of piperidine rings is 1. The lowest BCUT2D eigenvalue weighted by molar-refractivity contribution is -0.120. The van der Waals surface area contributed by atoms with Crippen LogP contribution in [0, 0.1) is 5.92 Å². The van der Waals surface area contributed by atoms with Gasteiger partial charge >= 0.3 is 5.97 Å². The topological polar surface area (TPSA) is 92.8 Å². The molecule has 0 radical (unpaired) electrons. The number of esters is 1. The summed E-state index contributed by atoms with van der Waals surface area (Å²) < 4.78 is 32.1. The molecule has 1 unspecified atom stereocenters. The van der Waals surface area contributed by atoms with E-state index in [-0.39, 0.29) is 40.4 Å². The fourth-order valence-electron chi connectivity index (χ4n) is 3.53. The Morgan fingerprint density at radius 2 is 1.85 bits per heavy atom. The van der Waals surface area contributed by atoms with Crippen LogP contribution in [0.3, 0.4) is 0 Å². The van der Waals surface area contributed by atoms with Crippen molar-refractivity contribution in [3.05, 3.63) is 62.6 Å². The van der Waals surface area contributed by atoms with Gasteiger partial charge in [0, 0.05) is 13.1 Å². The number of nitrogens with zero attached hydrogens (tertiary/aromatic N) is 1. The average Bonchev–Trinajstić information content (AvgIpc) is 2.77. The van der Waals surface area contributed by atoms with Gasteiger partial charge in [0.1, 0.15) is 0 Å². The highest BCUT2D eigenvalue weighted by molar-refractivity contribution is 7.88. The molecule has 1 fully saturated rings. The van der Waals surface area contributed by atoms with Gasteiger partial charge in [0.25, 0.3) is 0 Å². The van der Waals surface area contributed by atoms with Crippen molar-refractivity contribution in [1.29, 1.82) is 0 Å². The van der Waals surface area contributed by atoms with Crippen LogP contribution in [0.1, 0.15) is 35.7 Å². The largest absolute Gasteiger partial charge is 0.462 e. The molecule has 1 aliphatic heterocycles. The molecule has 2 aromatic rings. The number of nitrogens with one attached hydrogen (secondary N) is 1. The molecule has 0 saturated carbocycles. The Morgan fingerprint density at radius 3 is 2.52 bits per heavy atom. The third-order valence-corrected chi connectivity index (χ3v) is 8.09. The molecule has 1 atom stereocenters. The summed E-state index contributed by atoms with van der Waals surface area (Å²) in [6.45, 7) is 2.34. The number of sulfonamides is 1. The van der Waals surface area contributed by atoms with Crippen LogP contribution in [0.2, 0.25) is 15.1 Å². The predicted octanol–water partition coefficient (Wildman–Crippen LogP) is 5.00. The van der Waals surface area contributed by atoms with Gasteiger partial charge in [-0.2, -0.15) is 0 Å². The van der Waals surface area contributed by atoms with Gasteiger partial charge in [-0.1, -0.05) is 40.9 Å². The number of ether oxygens (including phenoxy) is 1. The molecule has 1 amide bonds. The number of carbonyl (C=O) groups is 2. The standard InChI is InChI=1S/C22H23Cl3N2O5S/c1-2-32-22(29)15-6-8-20(19(25)11-15)26-21(28)16-4-3-9-27(12-16)33(30,31)13-14-5-7-17(23)18(24)10-14/h5-8,10-11,16H,2-4,9,12-13H2,1H3,(H,26,28). The van der Waals surface area contributed by atoms with Crippen molar-refractivity contribution in [3.63, 3.8) is 0 Å². The number of halogens is 3. The maximum absolute atomic E-state index is 12.9. The van der Waals surface area contributed by atoms with Crippen LogP contribution >= 0.6 is 34.8 Å². The summed E-state index contributed by atoms with van der Waals surface area (Å²) in [4.78, 5) is 24.7. The zero-order valence-electron chi connectivity index (χ0n) is 17.8. The summed E-state index contributed by atoms with van der Waals surface area (Å²) in [6.07, 6.45) is 1.09. The van der Waals surface area contributed by atoms with Crippen LogP contribution in [0.15, 0.2) is 36.4 Å². The lowest BCUT2D eigenvalue weighted by Gasteiger charge is -2.31. The van der Waals surface area contributed by atoms with Crippen molar-refractivity contribution in [2.45, 2.75) is 25.5 Å². The van der Waals surface area contributed by atoms with Gasteiger partial charge in [-0.15, -0.1) is 0 Å². The molecule has 11 heteroatoms. The Morgan fingerprint density at radius 1 is 1.09 bits per heavy atom. The first kappa shape index (κ1) is 25.8. The van der Waals surface area contributed by atoms with Gasteiger partial charge in [-0.3, -0.25) is 4.79 Å². The minimum absolute atomic E-state index is 0.0635. The van der Waals surface area contributed by atoms with Gasteiger partial charge in [-0.05, 0) is 55.7 Å². The van der Waals surface area contributed by atoms with E-state index in [1.165, 1.54) is 28.6 Å². The second kappa shape index (κ2) is 11.1. The van der Waals surface area contributed by atoms with Crippen LogP contribution in [-0.4, -0.2) is 44.3 Å². The van der Waals surface area contributed by atoms with Crippen LogP contribution in [0.25, 0.3) is 0 Å². The normalized spacial score (nSPS) is 16.9. The van der Waals surface area contributed by atoms with Crippen LogP contribution in [0.5, 0.6) is 0 Å². The monoisotopic (exact) mass is 532 g/mol. The highest BCUT2D eigenvalue weighted by Gasteiger charge is 2.32. The number of amides is 1. The molecule has 178 valence electrons. The van der Waals surface area contributed by atoms with E-state index >= 15 is 0 Å². The van der Waals surface area contributed by atoms with Crippen molar-refractivity contribution in [1.82, 2.24) is 4.31 Å². The molecule has 1 saturated heterocycles. The fourth-order valence-corrected chi connectivity index (χ4v) is 5.68. The van der Waals surface area contributed by atoms with Crippen molar-refractivity contribution in [2.75, 3.05) is 25.0 Å². The Balaban J connectivity index is 1.66. The smallest absolute Gasteiger partial charge is 0.338 e. The highest BCUT2D eigenvalue weighted by atomic mass is 35.5. The van der Waals surface area contributed by atoms with E-state index < -0.39 is 21.9 Å². The maximum atomic E-state index is 12.9. The number of hydrogen-bond acceptors (Lipinski definition) is 5. The van der Waals surface area contributed by atoms with Crippen molar-refractivity contribution in [3.8, 4) is 0 Å². The molecular formula is C22H23Cl3N2O5S. The SMILES string of the molecule is CCOC(=O)c1ccc(NC(=O)C2CCCN(S(=O)(=O)Cc3ccc(Cl)c(Cl)c3)C2)c(Cl)c1. The number of rotatable bonds is 7. The highest BCUT2D eigenvalue weighted by Crippen LogP contribution is 2.28. The summed E-state index contributed by atoms with van der Waals surface area (Å²) in [5.74, 6) is -1.62. The zero-order chi connectivity index (χ0) is 24.2. The Bertz CT molecular complexity index is 1160. The van der Waals surface area contributed by atoms with E-state index in [1.54, 1.807) is 19.1 Å². The minimum atomic E-state index is -3.66. The maximum Gasteiger partial charge on any atom is 0.338 e. The quantitative estimate of drug-likeness (QED) is 0.505. The van der Waals surface area contributed by atoms with E-state index in [2.05, 4.69) is 5.32 Å². The molecule has 33 heavy (non-hydrogen) atoms. The van der Waals surface area contributed by atoms with E-state index in [1.807, 2.05) is 0 Å². The third kappa shape index (κ3) is 6.61. The summed E-state index contributed by atoms with van der Waals surface area (Å²) in [5.41, 5.74) is 1.13. The van der Waals surface area contributed by atoms with E-state index in [9.17, 15) is 18.0 Å². The molecule has 7 nitrogen and oxygen atoms in total. The van der Waals surface area contributed by atoms with Crippen molar-refractivity contribution in [2.24, 2.45) is 5.92 Å². The lowest BCUT2D eigenvalue weighted by Crippen LogP contribution is -2.44. The average molecular weight is 534 g/mol. The second-order valence-electron chi connectivity index (χ2n) is 7.61. The number of anilines is 1. The number of benzene rings is 2. The summed E-state index contributed by atoms with van der Waals surface area (Å²) in [6, 6.07) is 9.14. The lowest BCUT2D eigenvalue weighted by atomic mass is 9.98. The van der Waals surface area contributed by atoms with Crippen LogP contribution in [0.4, 0.5) is 5.69 Å². The third-order valence-electron chi connectivity index (χ3n) is 5.22. The Labute approximate surface area is 208 Å². The van der Waals surface area contributed by atoms with Crippen LogP contribution in [-0.2, 0) is 25.3 Å². The molecule has 2 aromatic carbocycles. The molecule has 0 aliphatic carbocycles. The molecule has 0 bridgehead atoms. The molecule has 1 heterocycles. The first-order chi connectivity index (χ1) is 15.6. The van der Waals surface area contributed by atoms with Gasteiger partial charge in [0.05, 0.1) is 44.6 Å². The second-order valence-corrected chi connectivity index (χ2v) is 10.8. The first-order valence-corrected chi connectivity index (χ1v) is 13.0. The van der Waals surface area contributed by atoms with Gasteiger partial charge < -0.3 is 10.1 Å². The molecule has 0 spiro atoms. The van der Waals surface area contributed by atoms with Gasteiger partial charge in [-0.25, -0.2) is 17.5 Å². The number of carbonyl (C=O) groups excluding carboxylic acids is 2. The molecule has 1 aliphatic rings. The fraction of sp³-hybridized carbons (Fsp3) is 0.364. The van der Waals surface area contributed by atoms with Gasteiger partial charge in [0.2, 0.25) is 15.9 Å². The Hall–Kier alpha value is -1.84. The summed E-state index contributed by atoms with van der Waals surface area (Å²) in [7, 11) is -3.66. The minimum Gasteiger partial charge on any atom is -0.462 e. The van der Waals surface area contributed by atoms with E-state index in [0.29, 0.717) is 35.7 Å². The molecule has 3 rings (SSSR count). The first-order valence-electron chi connectivity index (χ1n) is 10.3. The van der Waals surface area contributed by atoms with Crippen molar-refractivity contribution < 1.29 is 22.7 Å². The van der Waals surface area contributed by atoms with E-state index in [0.717, 1.165) is 0 Å². The van der Waals surface area contributed by atoms with Crippen molar-refractivity contribution >= 4 is 62.4 Å². The van der Waals surface area contributed by atoms with Crippen LogP contribution < -0.4 is 5.32 Å². The molecule has 1 N–H and O–H groups in total. The van der Waals surface area contributed by atoms with Gasteiger partial charge in [0.15, 0.2) is 0 Å².